The molecule has 0 saturated carbocycles. The molecule has 0 amide bonds. The molecule has 2 aromatic heterocycles. The van der Waals surface area contributed by atoms with E-state index in [0.29, 0.717) is 11.4 Å². The molecule has 2 rings (SSSR count). The van der Waals surface area contributed by atoms with Gasteiger partial charge in [0.2, 0.25) is 12.1 Å². The highest BCUT2D eigenvalue weighted by Crippen LogP contribution is 2.11. The van der Waals surface area contributed by atoms with Crippen LogP contribution in [-0.2, 0) is 0 Å². The third-order valence-electron chi connectivity index (χ3n) is 1.19. The summed E-state index contributed by atoms with van der Waals surface area (Å²) in [5.41, 5.74) is 6.69. The summed E-state index contributed by atoms with van der Waals surface area (Å²) in [6.45, 7) is 0. The van der Waals surface area contributed by atoms with Crippen molar-refractivity contribution >= 4 is 11.4 Å². The Kier molecular flexibility index (Phi) is 0.631. The monoisotopic (exact) mass is 123 g/mol. The molecule has 0 aliphatic carbocycles. The summed E-state index contributed by atoms with van der Waals surface area (Å²) in [5.74, 6) is 0. The summed E-state index contributed by atoms with van der Waals surface area (Å²) in [4.78, 5) is 0. The second kappa shape index (κ2) is 1.28. The van der Waals surface area contributed by atoms with Gasteiger partial charge in [-0.2, -0.15) is 0 Å². The van der Waals surface area contributed by atoms with E-state index in [0.717, 1.165) is 0 Å². The van der Waals surface area contributed by atoms with Crippen LogP contribution in [-0.4, -0.2) is 9.61 Å². The largest absolute Gasteiger partial charge is 0.424 e. The highest BCUT2D eigenvalue weighted by molar-refractivity contribution is 5.61. The van der Waals surface area contributed by atoms with E-state index in [1.54, 1.807) is 16.8 Å². The van der Waals surface area contributed by atoms with Crippen LogP contribution in [0.3, 0.4) is 0 Å². The fraction of sp³-hybridized carbons (Fsp3) is 0. The van der Waals surface area contributed by atoms with Crippen molar-refractivity contribution in [3.63, 3.8) is 0 Å². The first-order valence-electron chi connectivity index (χ1n) is 2.54. The summed E-state index contributed by atoms with van der Waals surface area (Å²) in [6.07, 6.45) is 3.10. The second-order valence-electron chi connectivity index (χ2n) is 1.76. The van der Waals surface area contributed by atoms with Crippen LogP contribution < -0.4 is 5.73 Å². The maximum absolute atomic E-state index is 5.47. The number of fused-ring (bicyclic) bond motifs is 1. The zero-order valence-electron chi connectivity index (χ0n) is 4.61. The first-order chi connectivity index (χ1) is 4.38. The smallest absolute Gasteiger partial charge is 0.245 e. The van der Waals surface area contributed by atoms with Crippen molar-refractivity contribution in [2.45, 2.75) is 0 Å². The Hall–Kier alpha value is -1.45. The molecule has 9 heavy (non-hydrogen) atoms. The Balaban J connectivity index is 2.99. The zero-order chi connectivity index (χ0) is 6.27. The third kappa shape index (κ3) is 0.440. The van der Waals surface area contributed by atoms with Crippen molar-refractivity contribution < 1.29 is 4.42 Å². The number of anilines is 1. The predicted octanol–water partition coefficient (Wildman–Crippen LogP) is 0.509. The number of nitrogen functional groups attached to an aromatic ring is 1. The third-order valence-corrected chi connectivity index (χ3v) is 1.19. The van der Waals surface area contributed by atoms with Gasteiger partial charge in [0, 0.05) is 6.20 Å². The van der Waals surface area contributed by atoms with Gasteiger partial charge in [-0.25, -0.2) is 4.52 Å². The van der Waals surface area contributed by atoms with Crippen LogP contribution in [0.4, 0.5) is 5.69 Å². The van der Waals surface area contributed by atoms with Crippen LogP contribution in [0.2, 0.25) is 0 Å². The molecule has 0 atom stereocenters. The molecular formula is C5H5N3O. The first kappa shape index (κ1) is 4.43. The molecule has 0 aliphatic heterocycles. The number of nitrogens with zero attached hydrogens (tertiary/aromatic N) is 2. The molecule has 2 N–H and O–H groups in total. The lowest BCUT2D eigenvalue weighted by atomic mass is 10.6. The SMILES string of the molecule is Nc1ccn2ncoc12. The van der Waals surface area contributed by atoms with Gasteiger partial charge in [0.25, 0.3) is 0 Å². The maximum Gasteiger partial charge on any atom is 0.245 e. The van der Waals surface area contributed by atoms with Gasteiger partial charge in [-0.1, -0.05) is 0 Å². The molecular weight excluding hydrogens is 118 g/mol. The zero-order valence-corrected chi connectivity index (χ0v) is 4.61. The van der Waals surface area contributed by atoms with E-state index in [9.17, 15) is 0 Å². The van der Waals surface area contributed by atoms with Crippen molar-refractivity contribution in [3.05, 3.63) is 18.7 Å². The number of aromatic nitrogens is 2. The molecule has 0 radical (unpaired) electrons. The van der Waals surface area contributed by atoms with Gasteiger partial charge in [-0.05, 0) is 6.07 Å². The van der Waals surface area contributed by atoms with Gasteiger partial charge in [-0.3, -0.25) is 0 Å². The molecule has 0 spiro atoms. The van der Waals surface area contributed by atoms with Crippen molar-refractivity contribution in [1.29, 1.82) is 0 Å². The summed E-state index contributed by atoms with van der Waals surface area (Å²) in [6, 6.07) is 1.74. The minimum atomic E-state index is 0.606. The number of hydrogen-bond donors (Lipinski definition) is 1. The average molecular weight is 123 g/mol. The van der Waals surface area contributed by atoms with Crippen LogP contribution in [0.5, 0.6) is 0 Å². The topological polar surface area (TPSA) is 56.5 Å². The molecule has 0 fully saturated rings. The standard InChI is InChI=1S/C5H5N3O/c6-4-1-2-8-5(4)9-3-7-8/h1-3H,6H2. The quantitative estimate of drug-likeness (QED) is 0.555. The van der Waals surface area contributed by atoms with Gasteiger partial charge in [-0.15, -0.1) is 5.10 Å². The molecule has 46 valence electrons. The van der Waals surface area contributed by atoms with E-state index in [1.165, 1.54) is 6.39 Å². The number of rotatable bonds is 0. The molecule has 0 bridgehead atoms. The Morgan fingerprint density at radius 2 is 2.56 bits per heavy atom. The molecule has 4 nitrogen and oxygen atoms in total. The highest BCUT2D eigenvalue weighted by atomic mass is 16.4. The second-order valence-corrected chi connectivity index (χ2v) is 1.76. The molecule has 0 aliphatic rings. The Morgan fingerprint density at radius 3 is 3.33 bits per heavy atom. The summed E-state index contributed by atoms with van der Waals surface area (Å²) in [7, 11) is 0. The predicted molar refractivity (Wildman–Crippen MR) is 31.9 cm³/mol. The van der Waals surface area contributed by atoms with Crippen molar-refractivity contribution in [2.75, 3.05) is 5.73 Å². The van der Waals surface area contributed by atoms with E-state index in [4.69, 9.17) is 10.2 Å². The fourth-order valence-electron chi connectivity index (χ4n) is 0.759. The van der Waals surface area contributed by atoms with Crippen molar-refractivity contribution in [2.24, 2.45) is 0 Å². The van der Waals surface area contributed by atoms with Crippen LogP contribution >= 0.6 is 0 Å². The molecule has 0 unspecified atom stereocenters. The van der Waals surface area contributed by atoms with Crippen LogP contribution in [0.1, 0.15) is 0 Å². The van der Waals surface area contributed by atoms with Crippen LogP contribution in [0.25, 0.3) is 5.71 Å². The molecule has 2 heterocycles. The Labute approximate surface area is 50.9 Å². The van der Waals surface area contributed by atoms with Gasteiger partial charge in [0.1, 0.15) is 0 Å². The Morgan fingerprint density at radius 1 is 1.67 bits per heavy atom. The summed E-state index contributed by atoms with van der Waals surface area (Å²) in [5, 5.41) is 3.81. The lowest BCUT2D eigenvalue weighted by Gasteiger charge is -1.77. The maximum atomic E-state index is 5.47. The molecule has 2 aromatic rings. The van der Waals surface area contributed by atoms with Gasteiger partial charge in [0.05, 0.1) is 5.69 Å². The van der Waals surface area contributed by atoms with E-state index in [2.05, 4.69) is 5.10 Å². The van der Waals surface area contributed by atoms with Crippen LogP contribution in [0, 0.1) is 0 Å². The van der Waals surface area contributed by atoms with Gasteiger partial charge in [0.15, 0.2) is 0 Å². The van der Waals surface area contributed by atoms with Crippen molar-refractivity contribution in [1.82, 2.24) is 9.61 Å². The minimum Gasteiger partial charge on any atom is -0.424 e. The van der Waals surface area contributed by atoms with E-state index in [-0.39, 0.29) is 0 Å². The van der Waals surface area contributed by atoms with Crippen LogP contribution in [0.15, 0.2) is 23.1 Å². The normalized spacial score (nSPS) is 10.7. The lowest BCUT2D eigenvalue weighted by Crippen LogP contribution is -1.80. The molecule has 0 aromatic carbocycles. The molecule has 0 saturated heterocycles. The molecule has 4 heteroatoms. The van der Waals surface area contributed by atoms with E-state index < -0.39 is 0 Å². The van der Waals surface area contributed by atoms with E-state index in [1.807, 2.05) is 0 Å². The van der Waals surface area contributed by atoms with Gasteiger partial charge < -0.3 is 10.2 Å². The average Bonchev–Trinajstić information content (AvgIpc) is 2.35. The number of hydrogen-bond acceptors (Lipinski definition) is 3. The fourth-order valence-corrected chi connectivity index (χ4v) is 0.759. The summed E-state index contributed by atoms with van der Waals surface area (Å²) < 4.78 is 6.49. The number of nitrogens with two attached hydrogens (primary N) is 1. The van der Waals surface area contributed by atoms with Crippen molar-refractivity contribution in [3.8, 4) is 0 Å². The first-order valence-corrected chi connectivity index (χ1v) is 2.54. The summed E-state index contributed by atoms with van der Waals surface area (Å²) >= 11 is 0. The Bertz CT molecular complexity index is 321. The lowest BCUT2D eigenvalue weighted by molar-refractivity contribution is 0.602. The minimum absolute atomic E-state index is 0.606. The highest BCUT2D eigenvalue weighted by Gasteiger charge is 1.99. The van der Waals surface area contributed by atoms with Gasteiger partial charge >= 0.3 is 0 Å². The van der Waals surface area contributed by atoms with E-state index >= 15 is 0 Å².